The zero-order valence-electron chi connectivity index (χ0n) is 10.1. The Hall–Kier alpha value is -1.01. The molecule has 0 aromatic heterocycles. The zero-order valence-corrected chi connectivity index (χ0v) is 11.7. The molecule has 1 saturated heterocycles. The van der Waals surface area contributed by atoms with E-state index in [4.69, 9.17) is 5.26 Å². The molecule has 2 nitrogen and oxygen atoms in total. The standard InChI is InChI=1S/C14H17BrN2/c1-2-3-11-4-5-17(10-11)14-7-12(9-16)6-13(15)8-14/h6-8,11H,2-5,10H2,1H3. The summed E-state index contributed by atoms with van der Waals surface area (Å²) in [5.41, 5.74) is 1.91. The van der Waals surface area contributed by atoms with Gasteiger partial charge in [-0.25, -0.2) is 0 Å². The van der Waals surface area contributed by atoms with E-state index in [0.29, 0.717) is 0 Å². The fourth-order valence-corrected chi connectivity index (χ4v) is 3.01. The van der Waals surface area contributed by atoms with Gasteiger partial charge in [0.05, 0.1) is 11.6 Å². The van der Waals surface area contributed by atoms with Crippen LogP contribution in [0.2, 0.25) is 0 Å². The van der Waals surface area contributed by atoms with Crippen LogP contribution in [0, 0.1) is 17.2 Å². The Morgan fingerprint density at radius 2 is 2.29 bits per heavy atom. The predicted octanol–water partition coefficient (Wildman–Crippen LogP) is 3.95. The molecule has 1 aliphatic heterocycles. The third kappa shape index (κ3) is 3.01. The van der Waals surface area contributed by atoms with Crippen molar-refractivity contribution in [2.45, 2.75) is 26.2 Å². The van der Waals surface area contributed by atoms with Crippen LogP contribution in [0.4, 0.5) is 5.69 Å². The van der Waals surface area contributed by atoms with Gasteiger partial charge < -0.3 is 4.90 Å². The van der Waals surface area contributed by atoms with Gasteiger partial charge in [0.25, 0.3) is 0 Å². The highest BCUT2D eigenvalue weighted by molar-refractivity contribution is 9.10. The normalized spacial score (nSPS) is 19.4. The van der Waals surface area contributed by atoms with Crippen LogP contribution in [0.5, 0.6) is 0 Å². The van der Waals surface area contributed by atoms with Crippen molar-refractivity contribution in [3.05, 3.63) is 28.2 Å². The van der Waals surface area contributed by atoms with Crippen molar-refractivity contribution in [2.75, 3.05) is 18.0 Å². The largest absolute Gasteiger partial charge is 0.371 e. The third-order valence-electron chi connectivity index (χ3n) is 3.36. The Kier molecular flexibility index (Phi) is 4.06. The van der Waals surface area contributed by atoms with E-state index < -0.39 is 0 Å². The number of nitrogens with zero attached hydrogens (tertiary/aromatic N) is 2. The van der Waals surface area contributed by atoms with Crippen molar-refractivity contribution in [1.29, 1.82) is 5.26 Å². The molecule has 0 aliphatic carbocycles. The van der Waals surface area contributed by atoms with E-state index in [2.05, 4.69) is 39.9 Å². The van der Waals surface area contributed by atoms with Crippen molar-refractivity contribution in [3.8, 4) is 6.07 Å². The summed E-state index contributed by atoms with van der Waals surface area (Å²) in [5, 5.41) is 8.98. The molecule has 1 atom stereocenters. The Balaban J connectivity index is 2.13. The molecular weight excluding hydrogens is 276 g/mol. The number of halogens is 1. The number of hydrogen-bond acceptors (Lipinski definition) is 2. The van der Waals surface area contributed by atoms with Crippen molar-refractivity contribution < 1.29 is 0 Å². The first-order valence-electron chi connectivity index (χ1n) is 6.18. The molecule has 3 heteroatoms. The van der Waals surface area contributed by atoms with Crippen molar-refractivity contribution in [3.63, 3.8) is 0 Å². The molecule has 0 amide bonds. The summed E-state index contributed by atoms with van der Waals surface area (Å²) in [6.07, 6.45) is 3.86. The van der Waals surface area contributed by atoms with Crippen molar-refractivity contribution >= 4 is 21.6 Å². The van der Waals surface area contributed by atoms with Gasteiger partial charge in [0.2, 0.25) is 0 Å². The second kappa shape index (κ2) is 5.55. The summed E-state index contributed by atoms with van der Waals surface area (Å²) in [5.74, 6) is 0.824. The molecule has 90 valence electrons. The van der Waals surface area contributed by atoms with Gasteiger partial charge in [-0.3, -0.25) is 0 Å². The molecule has 2 rings (SSSR count). The highest BCUT2D eigenvalue weighted by Crippen LogP contribution is 2.29. The van der Waals surface area contributed by atoms with E-state index in [-0.39, 0.29) is 0 Å². The average Bonchev–Trinajstić information content (AvgIpc) is 2.77. The summed E-state index contributed by atoms with van der Waals surface area (Å²) in [6.45, 7) is 4.50. The molecule has 1 heterocycles. The molecule has 1 aliphatic rings. The molecule has 0 bridgehead atoms. The lowest BCUT2D eigenvalue weighted by Gasteiger charge is -2.19. The van der Waals surface area contributed by atoms with Crippen LogP contribution in [-0.2, 0) is 0 Å². The van der Waals surface area contributed by atoms with Gasteiger partial charge in [-0.15, -0.1) is 0 Å². The summed E-state index contributed by atoms with van der Waals surface area (Å²) >= 11 is 3.47. The van der Waals surface area contributed by atoms with Crippen LogP contribution in [0.15, 0.2) is 22.7 Å². The second-order valence-electron chi connectivity index (χ2n) is 4.70. The quantitative estimate of drug-likeness (QED) is 0.843. The summed E-state index contributed by atoms with van der Waals surface area (Å²) in [4.78, 5) is 2.39. The van der Waals surface area contributed by atoms with Gasteiger partial charge >= 0.3 is 0 Å². The van der Waals surface area contributed by atoms with Crippen molar-refractivity contribution in [2.24, 2.45) is 5.92 Å². The lowest BCUT2D eigenvalue weighted by Crippen LogP contribution is -2.19. The monoisotopic (exact) mass is 292 g/mol. The van der Waals surface area contributed by atoms with Crippen LogP contribution in [0.1, 0.15) is 31.7 Å². The Morgan fingerprint density at radius 1 is 1.47 bits per heavy atom. The molecule has 1 aromatic carbocycles. The Labute approximate surface area is 111 Å². The van der Waals surface area contributed by atoms with Gasteiger partial charge in [0.15, 0.2) is 0 Å². The molecular formula is C14H17BrN2. The van der Waals surface area contributed by atoms with Crippen LogP contribution in [-0.4, -0.2) is 13.1 Å². The van der Waals surface area contributed by atoms with E-state index in [9.17, 15) is 0 Å². The molecule has 17 heavy (non-hydrogen) atoms. The number of benzene rings is 1. The van der Waals surface area contributed by atoms with Crippen LogP contribution < -0.4 is 4.90 Å². The number of hydrogen-bond donors (Lipinski definition) is 0. The van der Waals surface area contributed by atoms with Crippen LogP contribution >= 0.6 is 15.9 Å². The smallest absolute Gasteiger partial charge is 0.0992 e. The first-order valence-corrected chi connectivity index (χ1v) is 6.98. The Morgan fingerprint density at radius 3 is 3.00 bits per heavy atom. The zero-order chi connectivity index (χ0) is 12.3. The van der Waals surface area contributed by atoms with Gasteiger partial charge in [-0.1, -0.05) is 29.3 Å². The SMILES string of the molecule is CCCC1CCN(c2cc(Br)cc(C#N)c2)C1. The van der Waals surface area contributed by atoms with E-state index in [1.54, 1.807) is 0 Å². The highest BCUT2D eigenvalue weighted by Gasteiger charge is 2.22. The average molecular weight is 293 g/mol. The summed E-state index contributed by atoms with van der Waals surface area (Å²) in [6, 6.07) is 8.17. The van der Waals surface area contributed by atoms with Gasteiger partial charge in [0, 0.05) is 23.2 Å². The topological polar surface area (TPSA) is 27.0 Å². The number of anilines is 1. The first-order chi connectivity index (χ1) is 8.22. The first kappa shape index (κ1) is 12.4. The summed E-state index contributed by atoms with van der Waals surface area (Å²) < 4.78 is 0.991. The van der Waals surface area contributed by atoms with Crippen molar-refractivity contribution in [1.82, 2.24) is 0 Å². The fraction of sp³-hybridized carbons (Fsp3) is 0.500. The van der Waals surface area contributed by atoms with E-state index in [1.807, 2.05) is 12.1 Å². The lowest BCUT2D eigenvalue weighted by atomic mass is 10.0. The minimum atomic E-state index is 0.730. The van der Waals surface area contributed by atoms with Gasteiger partial charge in [-0.05, 0) is 37.0 Å². The van der Waals surface area contributed by atoms with E-state index in [1.165, 1.54) is 24.9 Å². The molecule has 0 N–H and O–H groups in total. The van der Waals surface area contributed by atoms with E-state index >= 15 is 0 Å². The number of nitriles is 1. The minimum absolute atomic E-state index is 0.730. The molecule has 1 unspecified atom stereocenters. The lowest BCUT2D eigenvalue weighted by molar-refractivity contribution is 0.530. The maximum Gasteiger partial charge on any atom is 0.0992 e. The number of rotatable bonds is 3. The molecule has 1 aromatic rings. The van der Waals surface area contributed by atoms with Crippen LogP contribution in [0.25, 0.3) is 0 Å². The molecule has 0 saturated carbocycles. The maximum absolute atomic E-state index is 8.98. The Bertz CT molecular complexity index is 436. The summed E-state index contributed by atoms with van der Waals surface area (Å²) in [7, 11) is 0. The van der Waals surface area contributed by atoms with Gasteiger partial charge in [0.1, 0.15) is 0 Å². The van der Waals surface area contributed by atoms with Crippen LogP contribution in [0.3, 0.4) is 0 Å². The highest BCUT2D eigenvalue weighted by atomic mass is 79.9. The third-order valence-corrected chi connectivity index (χ3v) is 3.82. The molecule has 0 spiro atoms. The molecule has 1 fully saturated rings. The maximum atomic E-state index is 8.98. The second-order valence-corrected chi connectivity index (χ2v) is 5.61. The predicted molar refractivity (Wildman–Crippen MR) is 74.1 cm³/mol. The van der Waals surface area contributed by atoms with Gasteiger partial charge in [-0.2, -0.15) is 5.26 Å². The minimum Gasteiger partial charge on any atom is -0.371 e. The molecule has 0 radical (unpaired) electrons. The van der Waals surface area contributed by atoms with E-state index in [0.717, 1.165) is 29.0 Å². The fourth-order valence-electron chi connectivity index (χ4n) is 2.53.